The van der Waals surface area contributed by atoms with E-state index in [1.165, 1.54) is 18.2 Å². The molecule has 0 unspecified atom stereocenters. The topological polar surface area (TPSA) is 90.7 Å². The molecule has 0 bridgehead atoms. The molecule has 1 aliphatic rings. The molecule has 1 heterocycles. The van der Waals surface area contributed by atoms with Gasteiger partial charge in [-0.1, -0.05) is 12.1 Å². The fourth-order valence-corrected chi connectivity index (χ4v) is 1.93. The number of carbonyl (C=O) groups excluding carboxylic acids is 1. The van der Waals surface area contributed by atoms with Gasteiger partial charge in [0.05, 0.1) is 12.2 Å². The van der Waals surface area contributed by atoms with Crippen molar-refractivity contribution in [3.8, 4) is 5.75 Å². The first kappa shape index (κ1) is 14.9. The smallest absolute Gasteiger partial charge is 0.419 e. The molecule has 5 nitrogen and oxygen atoms in total. The van der Waals surface area contributed by atoms with E-state index < -0.39 is 23.6 Å². The van der Waals surface area contributed by atoms with Crippen molar-refractivity contribution in [2.75, 3.05) is 6.61 Å². The maximum absolute atomic E-state index is 12.9. The molecule has 0 atom stereocenters. The van der Waals surface area contributed by atoms with Gasteiger partial charge in [-0.2, -0.15) is 18.2 Å². The number of guanidine groups is 1. The van der Waals surface area contributed by atoms with Gasteiger partial charge in [-0.05, 0) is 12.1 Å². The molecule has 0 saturated heterocycles. The number of halogens is 3. The third kappa shape index (κ3) is 3.33. The molecule has 112 valence electrons. The summed E-state index contributed by atoms with van der Waals surface area (Å²) in [5.74, 6) is -1.39. The fraction of sp³-hybridized carbons (Fsp3) is 0.231. The van der Waals surface area contributed by atoms with Crippen LogP contribution in [0.1, 0.15) is 17.5 Å². The fourth-order valence-electron chi connectivity index (χ4n) is 1.93. The number of fused-ring (bicyclic) bond motifs is 1. The van der Waals surface area contributed by atoms with E-state index in [4.69, 9.17) is 16.2 Å². The lowest BCUT2D eigenvalue weighted by molar-refractivity contribution is -0.139. The number of rotatable bonds is 1. The van der Waals surface area contributed by atoms with Crippen molar-refractivity contribution in [1.82, 2.24) is 0 Å². The lowest BCUT2D eigenvalue weighted by atomic mass is 10.0. The number of carbonyl (C=O) groups is 1. The van der Waals surface area contributed by atoms with Crippen molar-refractivity contribution >= 4 is 17.9 Å². The Kier molecular flexibility index (Phi) is 3.88. The summed E-state index contributed by atoms with van der Waals surface area (Å²) in [6, 6.07) is 3.60. The van der Waals surface area contributed by atoms with E-state index in [9.17, 15) is 18.0 Å². The van der Waals surface area contributed by atoms with Crippen LogP contribution in [0, 0.1) is 0 Å². The summed E-state index contributed by atoms with van der Waals surface area (Å²) in [6.45, 7) is -0.0718. The second-order valence-corrected chi connectivity index (χ2v) is 4.33. The van der Waals surface area contributed by atoms with Crippen molar-refractivity contribution in [2.24, 2.45) is 16.5 Å². The second-order valence-electron chi connectivity index (χ2n) is 4.33. The normalized spacial score (nSPS) is 14.3. The maximum atomic E-state index is 12.9. The van der Waals surface area contributed by atoms with E-state index >= 15 is 0 Å². The third-order valence-corrected chi connectivity index (χ3v) is 2.80. The molecule has 1 aromatic carbocycles. The number of ether oxygens (including phenoxy) is 1. The predicted molar refractivity (Wildman–Crippen MR) is 70.3 cm³/mol. The highest BCUT2D eigenvalue weighted by molar-refractivity contribution is 6.04. The summed E-state index contributed by atoms with van der Waals surface area (Å²) in [4.78, 5) is 15.1. The Morgan fingerprint density at radius 1 is 1.29 bits per heavy atom. The second kappa shape index (κ2) is 5.47. The third-order valence-electron chi connectivity index (χ3n) is 2.80. The molecule has 1 aromatic rings. The highest BCUT2D eigenvalue weighted by atomic mass is 19.4. The van der Waals surface area contributed by atoms with Crippen molar-refractivity contribution in [2.45, 2.75) is 12.6 Å². The first-order valence-corrected chi connectivity index (χ1v) is 5.96. The van der Waals surface area contributed by atoms with Crippen LogP contribution in [0.15, 0.2) is 28.8 Å². The lowest BCUT2D eigenvalue weighted by Gasteiger charge is -2.14. The molecule has 0 aromatic heterocycles. The van der Waals surface area contributed by atoms with Gasteiger partial charge in [-0.15, -0.1) is 0 Å². The van der Waals surface area contributed by atoms with Gasteiger partial charge in [-0.3, -0.25) is 4.79 Å². The molecular formula is C13H12F3N3O2. The Morgan fingerprint density at radius 3 is 2.62 bits per heavy atom. The number of amides is 1. The molecule has 0 spiro atoms. The van der Waals surface area contributed by atoms with Crippen LogP contribution in [0.2, 0.25) is 0 Å². The zero-order chi connectivity index (χ0) is 15.6. The number of nitrogens with two attached hydrogens (primary N) is 2. The average molecular weight is 299 g/mol. The van der Waals surface area contributed by atoms with Gasteiger partial charge in [0.25, 0.3) is 5.91 Å². The highest BCUT2D eigenvalue weighted by Crippen LogP contribution is 2.40. The van der Waals surface area contributed by atoms with E-state index in [1.54, 1.807) is 0 Å². The quantitative estimate of drug-likeness (QED) is 0.609. The first-order chi connectivity index (χ1) is 9.79. The van der Waals surface area contributed by atoms with E-state index in [-0.39, 0.29) is 29.9 Å². The van der Waals surface area contributed by atoms with Gasteiger partial charge in [0.2, 0.25) is 0 Å². The molecule has 4 N–H and O–H groups in total. The van der Waals surface area contributed by atoms with Crippen LogP contribution in [0.3, 0.4) is 0 Å². The zero-order valence-corrected chi connectivity index (χ0v) is 10.8. The lowest BCUT2D eigenvalue weighted by Crippen LogP contribution is -2.24. The predicted octanol–water partition coefficient (Wildman–Crippen LogP) is 1.67. The molecule has 2 rings (SSSR count). The number of benzene rings is 1. The van der Waals surface area contributed by atoms with Crippen LogP contribution < -0.4 is 16.2 Å². The minimum Gasteiger partial charge on any atom is -0.492 e. The Balaban J connectivity index is 2.48. The number of hydrogen-bond acceptors (Lipinski definition) is 2. The molecule has 1 amide bonds. The standard InChI is InChI=1S/C13H12F3N3O2/c14-13(15,16)9-3-1-2-7-6-8(4-5-21-10(7)9)11(20)19-12(17)18/h1-3,6H,4-5H2,(H4,17,18,19,20). The zero-order valence-electron chi connectivity index (χ0n) is 10.8. The van der Waals surface area contributed by atoms with Crippen LogP contribution in [0.4, 0.5) is 13.2 Å². The molecular weight excluding hydrogens is 287 g/mol. The Morgan fingerprint density at radius 2 is 2.00 bits per heavy atom. The average Bonchev–Trinajstić information content (AvgIpc) is 2.58. The number of para-hydroxylation sites is 1. The minimum absolute atomic E-state index is 0.0718. The monoisotopic (exact) mass is 299 g/mol. The van der Waals surface area contributed by atoms with Crippen molar-refractivity contribution in [1.29, 1.82) is 0 Å². The van der Waals surface area contributed by atoms with Gasteiger partial charge in [0.1, 0.15) is 5.75 Å². The highest BCUT2D eigenvalue weighted by Gasteiger charge is 2.35. The van der Waals surface area contributed by atoms with Gasteiger partial charge >= 0.3 is 6.18 Å². The summed E-state index contributed by atoms with van der Waals surface area (Å²) in [5.41, 5.74) is 9.69. The van der Waals surface area contributed by atoms with Crippen LogP contribution in [-0.4, -0.2) is 18.5 Å². The summed E-state index contributed by atoms with van der Waals surface area (Å²) < 4.78 is 43.9. The van der Waals surface area contributed by atoms with Gasteiger partial charge in [-0.25, -0.2) is 0 Å². The molecule has 0 saturated carbocycles. The SMILES string of the molecule is NC(N)=NC(=O)C1=Cc2cccc(C(F)(F)F)c2OCC1. The molecule has 1 aliphatic heterocycles. The largest absolute Gasteiger partial charge is 0.492 e. The summed E-state index contributed by atoms with van der Waals surface area (Å²) in [5, 5.41) is 0. The molecule has 0 radical (unpaired) electrons. The summed E-state index contributed by atoms with van der Waals surface area (Å²) in [7, 11) is 0. The van der Waals surface area contributed by atoms with E-state index in [1.807, 2.05) is 0 Å². The number of nitrogens with zero attached hydrogens (tertiary/aromatic N) is 1. The molecule has 8 heteroatoms. The Hall–Kier alpha value is -2.51. The van der Waals surface area contributed by atoms with E-state index in [2.05, 4.69) is 4.99 Å². The van der Waals surface area contributed by atoms with Gasteiger partial charge in [0.15, 0.2) is 5.96 Å². The van der Waals surface area contributed by atoms with Crippen LogP contribution in [-0.2, 0) is 11.0 Å². The number of alkyl halides is 3. The van der Waals surface area contributed by atoms with Crippen molar-refractivity contribution in [3.63, 3.8) is 0 Å². The van der Waals surface area contributed by atoms with E-state index in [0.717, 1.165) is 6.07 Å². The Bertz CT molecular complexity index is 632. The van der Waals surface area contributed by atoms with Crippen LogP contribution >= 0.6 is 0 Å². The summed E-state index contributed by atoms with van der Waals surface area (Å²) in [6.07, 6.45) is -3.11. The number of aliphatic imine (C=N–C) groups is 1. The van der Waals surface area contributed by atoms with Crippen molar-refractivity contribution < 1.29 is 22.7 Å². The number of hydrogen-bond donors (Lipinski definition) is 2. The summed E-state index contributed by atoms with van der Waals surface area (Å²) >= 11 is 0. The van der Waals surface area contributed by atoms with Crippen LogP contribution in [0.25, 0.3) is 6.08 Å². The van der Waals surface area contributed by atoms with Crippen LogP contribution in [0.5, 0.6) is 5.75 Å². The maximum Gasteiger partial charge on any atom is 0.419 e. The molecule has 21 heavy (non-hydrogen) atoms. The van der Waals surface area contributed by atoms with Gasteiger partial charge in [0, 0.05) is 17.6 Å². The first-order valence-electron chi connectivity index (χ1n) is 5.96. The van der Waals surface area contributed by atoms with E-state index in [0.29, 0.717) is 0 Å². The molecule has 0 aliphatic carbocycles. The van der Waals surface area contributed by atoms with Gasteiger partial charge < -0.3 is 16.2 Å². The molecule has 0 fully saturated rings. The minimum atomic E-state index is -4.53. The Labute approximate surface area is 118 Å². The van der Waals surface area contributed by atoms with Crippen molar-refractivity contribution in [3.05, 3.63) is 34.9 Å².